The van der Waals surface area contributed by atoms with Crippen molar-refractivity contribution in [2.45, 2.75) is 24.7 Å². The van der Waals surface area contributed by atoms with E-state index in [1.807, 2.05) is 12.1 Å². The molecule has 154 valence electrons. The van der Waals surface area contributed by atoms with Crippen molar-refractivity contribution in [3.05, 3.63) is 95.1 Å². The number of rotatable bonds is 3. The van der Waals surface area contributed by atoms with E-state index < -0.39 is 5.41 Å². The van der Waals surface area contributed by atoms with Crippen LogP contribution in [0.3, 0.4) is 0 Å². The number of methoxy groups -OCH3 is 1. The van der Waals surface area contributed by atoms with E-state index in [-0.39, 0.29) is 29.6 Å². The number of amides is 2. The van der Waals surface area contributed by atoms with Crippen LogP contribution in [-0.2, 0) is 15.0 Å². The van der Waals surface area contributed by atoms with Gasteiger partial charge in [0.25, 0.3) is 0 Å². The lowest BCUT2D eigenvalue weighted by Gasteiger charge is -2.54. The zero-order chi connectivity index (χ0) is 21.3. The summed E-state index contributed by atoms with van der Waals surface area (Å²) >= 11 is 0. The molecule has 1 heterocycles. The molecule has 4 heteroatoms. The van der Waals surface area contributed by atoms with E-state index >= 15 is 0 Å². The molecule has 2 bridgehead atoms. The Kier molecular flexibility index (Phi) is 3.73. The fraction of sp³-hybridized carbons (Fsp3) is 0.259. The molecule has 0 aromatic heterocycles. The average molecular weight is 409 g/mol. The summed E-state index contributed by atoms with van der Waals surface area (Å²) in [5.74, 6) is -0.333. The first-order chi connectivity index (χ1) is 15.1. The van der Waals surface area contributed by atoms with Gasteiger partial charge in [0, 0.05) is 11.3 Å². The van der Waals surface area contributed by atoms with Crippen LogP contribution >= 0.6 is 0 Å². The first-order valence-electron chi connectivity index (χ1n) is 10.8. The van der Waals surface area contributed by atoms with Gasteiger partial charge < -0.3 is 4.74 Å². The molecule has 7 rings (SSSR count). The number of carbonyl (C=O) groups is 2. The molecule has 3 aliphatic carbocycles. The molecule has 0 spiro atoms. The molecule has 0 N–H and O–H groups in total. The number of anilines is 1. The van der Waals surface area contributed by atoms with E-state index in [2.05, 4.69) is 43.3 Å². The minimum absolute atomic E-state index is 0.0870. The Morgan fingerprint density at radius 3 is 1.97 bits per heavy atom. The molecule has 0 radical (unpaired) electrons. The molecule has 4 aliphatic rings. The number of carbonyl (C=O) groups excluding carboxylic acids is 2. The van der Waals surface area contributed by atoms with Crippen molar-refractivity contribution in [1.82, 2.24) is 0 Å². The number of hydrogen-bond donors (Lipinski definition) is 0. The van der Waals surface area contributed by atoms with Crippen LogP contribution in [0, 0.1) is 11.8 Å². The summed E-state index contributed by atoms with van der Waals surface area (Å²) < 4.78 is 5.25. The molecule has 1 aliphatic heterocycles. The number of hydrogen-bond acceptors (Lipinski definition) is 3. The van der Waals surface area contributed by atoms with Crippen LogP contribution in [0.5, 0.6) is 5.75 Å². The second-order valence-electron chi connectivity index (χ2n) is 8.69. The molecule has 1 saturated heterocycles. The van der Waals surface area contributed by atoms with Crippen LogP contribution in [-0.4, -0.2) is 18.9 Å². The Morgan fingerprint density at radius 1 is 0.839 bits per heavy atom. The molecule has 4 nitrogen and oxygen atoms in total. The summed E-state index contributed by atoms with van der Waals surface area (Å²) in [7, 11) is 1.60. The van der Waals surface area contributed by atoms with Gasteiger partial charge in [0.05, 0.1) is 24.6 Å². The minimum Gasteiger partial charge on any atom is -0.497 e. The van der Waals surface area contributed by atoms with Gasteiger partial charge in [-0.25, -0.2) is 4.90 Å². The largest absolute Gasteiger partial charge is 0.497 e. The highest BCUT2D eigenvalue weighted by atomic mass is 16.5. The zero-order valence-electron chi connectivity index (χ0n) is 17.5. The van der Waals surface area contributed by atoms with Crippen molar-refractivity contribution in [3.8, 4) is 5.75 Å². The summed E-state index contributed by atoms with van der Waals surface area (Å²) in [6.45, 7) is 2.14. The molecular formula is C27H23NO3. The van der Waals surface area contributed by atoms with Gasteiger partial charge >= 0.3 is 0 Å². The lowest BCUT2D eigenvalue weighted by Crippen LogP contribution is -2.53. The van der Waals surface area contributed by atoms with Crippen molar-refractivity contribution < 1.29 is 14.3 Å². The van der Waals surface area contributed by atoms with Gasteiger partial charge in [-0.15, -0.1) is 0 Å². The van der Waals surface area contributed by atoms with Gasteiger partial charge in [0.2, 0.25) is 11.8 Å². The molecule has 1 fully saturated rings. The third-order valence-electron chi connectivity index (χ3n) is 7.68. The maximum atomic E-state index is 14.0. The lowest BCUT2D eigenvalue weighted by molar-refractivity contribution is -0.123. The Bertz CT molecular complexity index is 1180. The molecule has 0 saturated carbocycles. The fourth-order valence-corrected chi connectivity index (χ4v) is 6.52. The summed E-state index contributed by atoms with van der Waals surface area (Å²) in [4.78, 5) is 29.2. The third kappa shape index (κ3) is 2.10. The van der Waals surface area contributed by atoms with E-state index in [1.165, 1.54) is 27.2 Å². The Hall–Kier alpha value is -3.40. The van der Waals surface area contributed by atoms with Gasteiger partial charge in [-0.2, -0.15) is 0 Å². The van der Waals surface area contributed by atoms with Crippen molar-refractivity contribution in [3.63, 3.8) is 0 Å². The molecule has 3 aromatic rings. The van der Waals surface area contributed by atoms with Crippen molar-refractivity contribution in [1.29, 1.82) is 0 Å². The van der Waals surface area contributed by atoms with Crippen LogP contribution in [0.2, 0.25) is 0 Å². The summed E-state index contributed by atoms with van der Waals surface area (Å²) in [5.41, 5.74) is 4.94. The Morgan fingerprint density at radius 2 is 1.42 bits per heavy atom. The first kappa shape index (κ1) is 18.4. The highest BCUT2D eigenvalue weighted by Crippen LogP contribution is 2.65. The average Bonchev–Trinajstić information content (AvgIpc) is 3.10. The lowest BCUT2D eigenvalue weighted by atomic mass is 9.46. The Labute approximate surface area is 181 Å². The standard InChI is InChI=1S/C27H23NO3/c1-3-27-20-10-6-4-8-18(20)22(19-9-5-7-11-21(19)27)23-24(27)26(30)28(25(23)29)16-12-14-17(31-2)15-13-16/h4-15,22-24H,3H2,1-2H3. The predicted molar refractivity (Wildman–Crippen MR) is 118 cm³/mol. The van der Waals surface area contributed by atoms with Crippen LogP contribution in [0.1, 0.15) is 41.5 Å². The van der Waals surface area contributed by atoms with Crippen LogP contribution in [0.4, 0.5) is 5.69 Å². The summed E-state index contributed by atoms with van der Waals surface area (Å²) in [6.07, 6.45) is 0.768. The van der Waals surface area contributed by atoms with Crippen molar-refractivity contribution in [2.75, 3.05) is 12.0 Å². The molecular weight excluding hydrogens is 386 g/mol. The number of nitrogens with zero attached hydrogens (tertiary/aromatic N) is 1. The second kappa shape index (κ2) is 6.30. The topological polar surface area (TPSA) is 46.6 Å². The van der Waals surface area contributed by atoms with Gasteiger partial charge in [0.15, 0.2) is 0 Å². The zero-order valence-corrected chi connectivity index (χ0v) is 17.5. The van der Waals surface area contributed by atoms with Gasteiger partial charge in [0.1, 0.15) is 5.75 Å². The maximum absolute atomic E-state index is 14.0. The monoisotopic (exact) mass is 409 g/mol. The SMILES string of the molecule is CCC12c3ccccc3C(c3ccccc31)C1C(=O)N(c3ccc(OC)cc3)C(=O)C12. The molecule has 2 amide bonds. The summed E-state index contributed by atoms with van der Waals surface area (Å²) in [5, 5.41) is 0. The van der Waals surface area contributed by atoms with Gasteiger partial charge in [-0.05, 0) is 52.9 Å². The highest BCUT2D eigenvalue weighted by Gasteiger charge is 2.67. The normalized spacial score (nSPS) is 27.7. The number of benzene rings is 3. The van der Waals surface area contributed by atoms with E-state index in [4.69, 9.17) is 4.74 Å². The van der Waals surface area contributed by atoms with Gasteiger partial charge in [-0.3, -0.25) is 9.59 Å². The fourth-order valence-electron chi connectivity index (χ4n) is 6.52. The first-order valence-corrected chi connectivity index (χ1v) is 10.8. The summed E-state index contributed by atoms with van der Waals surface area (Å²) in [6, 6.07) is 24.0. The van der Waals surface area contributed by atoms with Crippen LogP contribution < -0.4 is 9.64 Å². The third-order valence-corrected chi connectivity index (χ3v) is 7.68. The van der Waals surface area contributed by atoms with Crippen LogP contribution in [0.25, 0.3) is 0 Å². The van der Waals surface area contributed by atoms with Gasteiger partial charge in [-0.1, -0.05) is 55.5 Å². The van der Waals surface area contributed by atoms with Crippen molar-refractivity contribution in [2.24, 2.45) is 11.8 Å². The van der Waals surface area contributed by atoms with E-state index in [0.717, 1.165) is 6.42 Å². The predicted octanol–water partition coefficient (Wildman–Crippen LogP) is 4.66. The smallest absolute Gasteiger partial charge is 0.238 e. The number of imide groups is 1. The number of ether oxygens (including phenoxy) is 1. The Balaban J connectivity index is 1.60. The van der Waals surface area contributed by atoms with E-state index in [9.17, 15) is 9.59 Å². The second-order valence-corrected chi connectivity index (χ2v) is 8.69. The van der Waals surface area contributed by atoms with Crippen LogP contribution in [0.15, 0.2) is 72.8 Å². The van der Waals surface area contributed by atoms with E-state index in [1.54, 1.807) is 31.4 Å². The molecule has 2 atom stereocenters. The quantitative estimate of drug-likeness (QED) is 0.592. The molecule has 2 unspecified atom stereocenters. The minimum atomic E-state index is -0.486. The molecule has 3 aromatic carbocycles. The molecule has 31 heavy (non-hydrogen) atoms. The van der Waals surface area contributed by atoms with Crippen molar-refractivity contribution >= 4 is 17.5 Å². The highest BCUT2D eigenvalue weighted by molar-refractivity contribution is 6.23. The van der Waals surface area contributed by atoms with E-state index in [0.29, 0.717) is 11.4 Å². The maximum Gasteiger partial charge on any atom is 0.238 e.